The quantitative estimate of drug-likeness (QED) is 0.546. The van der Waals surface area contributed by atoms with Crippen molar-refractivity contribution in [3.05, 3.63) is 48.4 Å². The van der Waals surface area contributed by atoms with Gasteiger partial charge in [0.2, 0.25) is 0 Å². The summed E-state index contributed by atoms with van der Waals surface area (Å²) >= 11 is 0. The molecule has 1 heterocycles. The Bertz CT molecular complexity index is 751. The number of carbonyl (C=O) groups is 2. The predicted octanol–water partition coefficient (Wildman–Crippen LogP) is 3.27. The van der Waals surface area contributed by atoms with E-state index in [1.165, 1.54) is 18.4 Å². The van der Waals surface area contributed by atoms with Gasteiger partial charge in [0.1, 0.15) is 5.76 Å². The van der Waals surface area contributed by atoms with Gasteiger partial charge in [-0.1, -0.05) is 0 Å². The molecule has 0 saturated heterocycles. The standard InChI is InChI=1S/C19H21NO6/c1-3-23-16-9-7-14(12-17(16)24-4-2)20-18(21)13-26-19(22)10-8-15-6-5-11-25-15/h5-12H,3-4,13H2,1-2H3,(H,20,21)/b10-8+. The monoisotopic (exact) mass is 359 g/mol. The first kappa shape index (κ1) is 19.1. The highest BCUT2D eigenvalue weighted by Crippen LogP contribution is 2.30. The molecule has 1 amide bonds. The Morgan fingerprint density at radius 3 is 2.58 bits per heavy atom. The Hall–Kier alpha value is -3.22. The first-order chi connectivity index (χ1) is 12.6. The van der Waals surface area contributed by atoms with Gasteiger partial charge in [-0.15, -0.1) is 0 Å². The SMILES string of the molecule is CCOc1ccc(NC(=O)COC(=O)/C=C/c2ccco2)cc1OCC. The van der Waals surface area contributed by atoms with E-state index in [1.807, 2.05) is 13.8 Å². The summed E-state index contributed by atoms with van der Waals surface area (Å²) in [6, 6.07) is 8.45. The van der Waals surface area contributed by atoms with Crippen LogP contribution in [0.15, 0.2) is 47.1 Å². The Morgan fingerprint density at radius 2 is 1.88 bits per heavy atom. The minimum Gasteiger partial charge on any atom is -0.490 e. The van der Waals surface area contributed by atoms with Gasteiger partial charge in [-0.05, 0) is 44.2 Å². The predicted molar refractivity (Wildman–Crippen MR) is 96.1 cm³/mol. The minimum atomic E-state index is -0.641. The second-order valence-corrected chi connectivity index (χ2v) is 5.03. The fourth-order valence-corrected chi connectivity index (χ4v) is 2.05. The van der Waals surface area contributed by atoms with Crippen molar-refractivity contribution in [3.63, 3.8) is 0 Å². The van der Waals surface area contributed by atoms with Gasteiger partial charge in [-0.25, -0.2) is 4.79 Å². The minimum absolute atomic E-state index is 0.404. The number of hydrogen-bond acceptors (Lipinski definition) is 6. The van der Waals surface area contributed by atoms with E-state index in [2.05, 4.69) is 5.32 Å². The van der Waals surface area contributed by atoms with Crippen molar-refractivity contribution < 1.29 is 28.2 Å². The van der Waals surface area contributed by atoms with E-state index in [1.54, 1.807) is 30.3 Å². The Morgan fingerprint density at radius 1 is 1.12 bits per heavy atom. The molecule has 0 radical (unpaired) electrons. The number of carbonyl (C=O) groups excluding carboxylic acids is 2. The third-order valence-corrected chi connectivity index (χ3v) is 3.10. The fourth-order valence-electron chi connectivity index (χ4n) is 2.05. The molecule has 0 bridgehead atoms. The van der Waals surface area contributed by atoms with E-state index < -0.39 is 18.5 Å². The number of esters is 1. The maximum atomic E-state index is 11.9. The zero-order chi connectivity index (χ0) is 18.8. The van der Waals surface area contributed by atoms with E-state index in [4.69, 9.17) is 18.6 Å². The molecule has 0 fully saturated rings. The third kappa shape index (κ3) is 6.01. The molecule has 138 valence electrons. The number of benzene rings is 1. The van der Waals surface area contributed by atoms with Crippen LogP contribution in [0.1, 0.15) is 19.6 Å². The number of nitrogens with one attached hydrogen (secondary N) is 1. The Kier molecular flexibility index (Phi) is 7.30. The van der Waals surface area contributed by atoms with Crippen LogP contribution in [0.5, 0.6) is 11.5 Å². The Labute approximate surface area is 151 Å². The molecule has 2 rings (SSSR count). The summed E-state index contributed by atoms with van der Waals surface area (Å²) in [5, 5.41) is 2.64. The van der Waals surface area contributed by atoms with Gasteiger partial charge in [-0.2, -0.15) is 0 Å². The number of rotatable bonds is 9. The van der Waals surface area contributed by atoms with E-state index >= 15 is 0 Å². The molecule has 7 heteroatoms. The number of furan rings is 1. The van der Waals surface area contributed by atoms with Crippen molar-refractivity contribution >= 4 is 23.6 Å². The van der Waals surface area contributed by atoms with E-state index in [-0.39, 0.29) is 0 Å². The molecular weight excluding hydrogens is 338 g/mol. The molecule has 0 spiro atoms. The van der Waals surface area contributed by atoms with E-state index in [0.717, 1.165) is 0 Å². The highest BCUT2D eigenvalue weighted by molar-refractivity contribution is 5.94. The average molecular weight is 359 g/mol. The highest BCUT2D eigenvalue weighted by atomic mass is 16.5. The highest BCUT2D eigenvalue weighted by Gasteiger charge is 2.10. The first-order valence-corrected chi connectivity index (χ1v) is 8.20. The zero-order valence-corrected chi connectivity index (χ0v) is 14.7. The molecule has 0 aliphatic rings. The van der Waals surface area contributed by atoms with Crippen LogP contribution >= 0.6 is 0 Å². The van der Waals surface area contributed by atoms with Gasteiger partial charge in [0.25, 0.3) is 5.91 Å². The lowest BCUT2D eigenvalue weighted by molar-refractivity contribution is -0.142. The maximum Gasteiger partial charge on any atom is 0.331 e. The molecule has 0 atom stereocenters. The molecule has 7 nitrogen and oxygen atoms in total. The van der Waals surface area contributed by atoms with Crippen LogP contribution in [0.2, 0.25) is 0 Å². The van der Waals surface area contributed by atoms with Crippen molar-refractivity contribution in [1.29, 1.82) is 0 Å². The molecule has 0 unspecified atom stereocenters. The lowest BCUT2D eigenvalue weighted by Gasteiger charge is -2.13. The largest absolute Gasteiger partial charge is 0.490 e. The van der Waals surface area contributed by atoms with Crippen molar-refractivity contribution in [2.24, 2.45) is 0 Å². The summed E-state index contributed by atoms with van der Waals surface area (Å²) in [6.07, 6.45) is 4.14. The van der Waals surface area contributed by atoms with Gasteiger partial charge in [-0.3, -0.25) is 4.79 Å². The molecule has 1 aromatic heterocycles. The van der Waals surface area contributed by atoms with Crippen molar-refractivity contribution in [3.8, 4) is 11.5 Å². The van der Waals surface area contributed by atoms with E-state index in [0.29, 0.717) is 36.2 Å². The van der Waals surface area contributed by atoms with Crippen LogP contribution < -0.4 is 14.8 Å². The summed E-state index contributed by atoms with van der Waals surface area (Å²) in [5.41, 5.74) is 0.518. The summed E-state index contributed by atoms with van der Waals surface area (Å²) in [7, 11) is 0. The molecular formula is C19H21NO6. The normalized spacial score (nSPS) is 10.5. The topological polar surface area (TPSA) is 87.0 Å². The first-order valence-electron chi connectivity index (χ1n) is 8.20. The van der Waals surface area contributed by atoms with Crippen molar-refractivity contribution in [2.45, 2.75) is 13.8 Å². The van der Waals surface area contributed by atoms with Crippen LogP contribution in [0, 0.1) is 0 Å². The van der Waals surface area contributed by atoms with Gasteiger partial charge in [0, 0.05) is 17.8 Å². The second kappa shape index (κ2) is 9.93. The van der Waals surface area contributed by atoms with Crippen molar-refractivity contribution in [1.82, 2.24) is 0 Å². The van der Waals surface area contributed by atoms with E-state index in [9.17, 15) is 9.59 Å². The zero-order valence-electron chi connectivity index (χ0n) is 14.7. The number of hydrogen-bond donors (Lipinski definition) is 1. The summed E-state index contributed by atoms with van der Waals surface area (Å²) < 4.78 is 20.9. The van der Waals surface area contributed by atoms with Crippen LogP contribution in [0.4, 0.5) is 5.69 Å². The molecule has 2 aromatic rings. The number of amides is 1. The molecule has 0 aliphatic heterocycles. The maximum absolute atomic E-state index is 11.9. The lowest BCUT2D eigenvalue weighted by atomic mass is 10.2. The van der Waals surface area contributed by atoms with Crippen LogP contribution in [-0.2, 0) is 14.3 Å². The van der Waals surface area contributed by atoms with Gasteiger partial charge in [0.05, 0.1) is 19.5 Å². The molecule has 0 aliphatic carbocycles. The van der Waals surface area contributed by atoms with Crippen LogP contribution in [-0.4, -0.2) is 31.7 Å². The van der Waals surface area contributed by atoms with Crippen LogP contribution in [0.25, 0.3) is 6.08 Å². The summed E-state index contributed by atoms with van der Waals surface area (Å²) in [4.78, 5) is 23.5. The lowest BCUT2D eigenvalue weighted by Crippen LogP contribution is -2.20. The molecule has 1 aromatic carbocycles. The molecule has 26 heavy (non-hydrogen) atoms. The smallest absolute Gasteiger partial charge is 0.331 e. The summed E-state index contributed by atoms with van der Waals surface area (Å²) in [6.45, 7) is 4.31. The molecule has 1 N–H and O–H groups in total. The van der Waals surface area contributed by atoms with Crippen molar-refractivity contribution in [2.75, 3.05) is 25.1 Å². The number of ether oxygens (including phenoxy) is 3. The van der Waals surface area contributed by atoms with Gasteiger partial charge >= 0.3 is 5.97 Å². The summed E-state index contributed by atoms with van der Waals surface area (Å²) in [5.74, 6) is 0.547. The number of anilines is 1. The molecule has 0 saturated carbocycles. The Balaban J connectivity index is 1.86. The average Bonchev–Trinajstić information content (AvgIpc) is 3.14. The third-order valence-electron chi connectivity index (χ3n) is 3.10. The van der Waals surface area contributed by atoms with Crippen LogP contribution in [0.3, 0.4) is 0 Å². The van der Waals surface area contributed by atoms with Gasteiger partial charge < -0.3 is 23.9 Å². The van der Waals surface area contributed by atoms with Gasteiger partial charge in [0.15, 0.2) is 18.1 Å². The second-order valence-electron chi connectivity index (χ2n) is 5.03. The fraction of sp³-hybridized carbons (Fsp3) is 0.263.